The number of nitrogens with one attached hydrogen (secondary N) is 1. The minimum Gasteiger partial charge on any atom is -0.371 e. The molecular formula is C19H20F3N3O. The zero-order chi connectivity index (χ0) is 18.3. The molecule has 138 valence electrons. The number of aromatic nitrogens is 1. The molecule has 4 nitrogen and oxygen atoms in total. The number of amides is 1. The van der Waals surface area contributed by atoms with Crippen LogP contribution in [0.2, 0.25) is 0 Å². The Hall–Kier alpha value is -2.31. The van der Waals surface area contributed by atoms with Crippen molar-refractivity contribution in [1.82, 2.24) is 10.3 Å². The van der Waals surface area contributed by atoms with Gasteiger partial charge in [-0.2, -0.15) is 13.2 Å². The van der Waals surface area contributed by atoms with Crippen LogP contribution < -0.4 is 10.2 Å². The molecule has 1 aromatic heterocycles. The minimum absolute atomic E-state index is 0.0248. The van der Waals surface area contributed by atoms with Gasteiger partial charge >= 0.3 is 6.18 Å². The number of piperidine rings is 1. The Bertz CT molecular complexity index is 824. The molecule has 0 spiro atoms. The molecule has 26 heavy (non-hydrogen) atoms. The Morgan fingerprint density at radius 3 is 2.50 bits per heavy atom. The van der Waals surface area contributed by atoms with Gasteiger partial charge in [-0.1, -0.05) is 6.07 Å². The predicted octanol–water partition coefficient (Wildman–Crippen LogP) is 3.75. The first-order valence-corrected chi connectivity index (χ1v) is 8.93. The molecule has 0 radical (unpaired) electrons. The number of nitrogens with zero attached hydrogens (tertiary/aromatic N) is 2. The fourth-order valence-electron chi connectivity index (χ4n) is 3.51. The third-order valence-electron chi connectivity index (χ3n) is 5.18. The van der Waals surface area contributed by atoms with Gasteiger partial charge in [0.1, 0.15) is 0 Å². The summed E-state index contributed by atoms with van der Waals surface area (Å²) in [5.74, 6) is 0.165. The SMILES string of the molecule is O=C(NC1CC1)C1CCN(c2ccnc3cc(C(F)(F)F)ccc23)CC1. The summed E-state index contributed by atoms with van der Waals surface area (Å²) in [5.41, 5.74) is 0.529. The maximum atomic E-state index is 12.9. The van der Waals surface area contributed by atoms with E-state index in [0.29, 0.717) is 30.0 Å². The van der Waals surface area contributed by atoms with E-state index in [1.54, 1.807) is 6.20 Å². The molecule has 1 amide bonds. The molecule has 1 aliphatic carbocycles. The summed E-state index contributed by atoms with van der Waals surface area (Å²) in [7, 11) is 0. The Kier molecular flexibility index (Phi) is 4.25. The molecule has 1 saturated heterocycles. The number of carbonyl (C=O) groups excluding carboxylic acids is 1. The smallest absolute Gasteiger partial charge is 0.371 e. The number of halogens is 3. The highest BCUT2D eigenvalue weighted by molar-refractivity contribution is 5.92. The number of alkyl halides is 3. The lowest BCUT2D eigenvalue weighted by molar-refractivity contribution is -0.137. The van der Waals surface area contributed by atoms with E-state index in [9.17, 15) is 18.0 Å². The average Bonchev–Trinajstić information content (AvgIpc) is 3.44. The normalized spacial score (nSPS) is 19.0. The summed E-state index contributed by atoms with van der Waals surface area (Å²) >= 11 is 0. The summed E-state index contributed by atoms with van der Waals surface area (Å²) < 4.78 is 38.7. The zero-order valence-corrected chi connectivity index (χ0v) is 14.2. The van der Waals surface area contributed by atoms with Crippen molar-refractivity contribution in [3.63, 3.8) is 0 Å². The van der Waals surface area contributed by atoms with E-state index in [-0.39, 0.29) is 11.8 Å². The maximum Gasteiger partial charge on any atom is 0.416 e. The summed E-state index contributed by atoms with van der Waals surface area (Å²) in [6, 6.07) is 5.89. The van der Waals surface area contributed by atoms with Crippen LogP contribution in [0.1, 0.15) is 31.2 Å². The van der Waals surface area contributed by atoms with E-state index in [1.807, 2.05) is 6.07 Å². The van der Waals surface area contributed by atoms with Crippen LogP contribution in [-0.2, 0) is 11.0 Å². The van der Waals surface area contributed by atoms with Crippen LogP contribution in [0.15, 0.2) is 30.5 Å². The first-order valence-electron chi connectivity index (χ1n) is 8.93. The zero-order valence-electron chi connectivity index (χ0n) is 14.2. The van der Waals surface area contributed by atoms with Crippen molar-refractivity contribution in [2.45, 2.75) is 37.9 Å². The number of benzene rings is 1. The standard InChI is InChI=1S/C19H20F3N3O/c20-19(21,22)13-1-4-15-16(11-13)23-8-5-17(15)25-9-6-12(7-10-25)18(26)24-14-2-3-14/h1,4-5,8,11-12,14H,2-3,6-7,9-10H2,(H,24,26). The van der Waals surface area contributed by atoms with E-state index in [2.05, 4.69) is 15.2 Å². The van der Waals surface area contributed by atoms with E-state index in [4.69, 9.17) is 0 Å². The van der Waals surface area contributed by atoms with Gasteiger partial charge in [-0.25, -0.2) is 0 Å². The Balaban J connectivity index is 1.51. The number of hydrogen-bond donors (Lipinski definition) is 1. The Morgan fingerprint density at radius 1 is 1.12 bits per heavy atom. The first kappa shape index (κ1) is 17.1. The summed E-state index contributed by atoms with van der Waals surface area (Å²) in [5, 5.41) is 3.76. The van der Waals surface area contributed by atoms with Gasteiger partial charge in [0.15, 0.2) is 0 Å². The van der Waals surface area contributed by atoms with Crippen LogP contribution in [0.25, 0.3) is 10.9 Å². The fourth-order valence-corrected chi connectivity index (χ4v) is 3.51. The topological polar surface area (TPSA) is 45.2 Å². The molecule has 2 aromatic rings. The molecule has 1 saturated carbocycles. The van der Waals surface area contributed by atoms with Gasteiger partial charge in [-0.3, -0.25) is 9.78 Å². The monoisotopic (exact) mass is 363 g/mol. The van der Waals surface area contributed by atoms with Crippen molar-refractivity contribution in [2.75, 3.05) is 18.0 Å². The first-order chi connectivity index (χ1) is 12.4. The van der Waals surface area contributed by atoms with Crippen molar-refractivity contribution >= 4 is 22.5 Å². The highest BCUT2D eigenvalue weighted by Gasteiger charge is 2.32. The van der Waals surface area contributed by atoms with Crippen LogP contribution >= 0.6 is 0 Å². The summed E-state index contributed by atoms with van der Waals surface area (Å²) in [6.45, 7) is 1.42. The highest BCUT2D eigenvalue weighted by atomic mass is 19.4. The van der Waals surface area contributed by atoms with Gasteiger partial charge < -0.3 is 10.2 Å². The second kappa shape index (κ2) is 6.45. The van der Waals surface area contributed by atoms with Crippen molar-refractivity contribution in [3.05, 3.63) is 36.0 Å². The quantitative estimate of drug-likeness (QED) is 0.903. The van der Waals surface area contributed by atoms with Gasteiger partial charge in [-0.15, -0.1) is 0 Å². The lowest BCUT2D eigenvalue weighted by atomic mass is 9.95. The molecule has 2 aliphatic rings. The molecule has 0 atom stereocenters. The molecule has 1 aromatic carbocycles. The van der Waals surface area contributed by atoms with Gasteiger partial charge in [0, 0.05) is 42.3 Å². The van der Waals surface area contributed by atoms with Crippen molar-refractivity contribution in [3.8, 4) is 0 Å². The lowest BCUT2D eigenvalue weighted by Crippen LogP contribution is -2.41. The second-order valence-electron chi connectivity index (χ2n) is 7.10. The number of rotatable bonds is 3. The highest BCUT2D eigenvalue weighted by Crippen LogP contribution is 2.34. The summed E-state index contributed by atoms with van der Waals surface area (Å²) in [4.78, 5) is 18.4. The van der Waals surface area contributed by atoms with Gasteiger partial charge in [0.2, 0.25) is 5.91 Å². The lowest BCUT2D eigenvalue weighted by Gasteiger charge is -2.33. The maximum absolute atomic E-state index is 12.9. The number of carbonyl (C=O) groups is 1. The molecule has 1 aliphatic heterocycles. The summed E-state index contributed by atoms with van der Waals surface area (Å²) in [6.07, 6.45) is 0.829. The number of hydrogen-bond acceptors (Lipinski definition) is 3. The number of anilines is 1. The van der Waals surface area contributed by atoms with E-state index < -0.39 is 11.7 Å². The molecule has 4 rings (SSSR count). The molecule has 2 heterocycles. The number of pyridine rings is 1. The van der Waals surface area contributed by atoms with E-state index >= 15 is 0 Å². The Labute approximate surface area is 149 Å². The second-order valence-corrected chi connectivity index (χ2v) is 7.10. The fraction of sp³-hybridized carbons (Fsp3) is 0.474. The molecule has 0 unspecified atom stereocenters. The van der Waals surface area contributed by atoms with Crippen molar-refractivity contribution < 1.29 is 18.0 Å². The molecule has 1 N–H and O–H groups in total. The Morgan fingerprint density at radius 2 is 1.85 bits per heavy atom. The third-order valence-corrected chi connectivity index (χ3v) is 5.18. The van der Waals surface area contributed by atoms with Crippen molar-refractivity contribution in [1.29, 1.82) is 0 Å². The van der Waals surface area contributed by atoms with Crippen LogP contribution in [0, 0.1) is 5.92 Å². The molecular weight excluding hydrogens is 343 g/mol. The van der Waals surface area contributed by atoms with Crippen LogP contribution in [0.5, 0.6) is 0 Å². The van der Waals surface area contributed by atoms with Crippen LogP contribution in [0.3, 0.4) is 0 Å². The van der Waals surface area contributed by atoms with E-state index in [1.165, 1.54) is 6.07 Å². The molecule has 2 fully saturated rings. The number of fused-ring (bicyclic) bond motifs is 1. The minimum atomic E-state index is -4.38. The predicted molar refractivity (Wildman–Crippen MR) is 92.8 cm³/mol. The van der Waals surface area contributed by atoms with Gasteiger partial charge in [0.25, 0.3) is 0 Å². The average molecular weight is 363 g/mol. The van der Waals surface area contributed by atoms with Crippen LogP contribution in [-0.4, -0.2) is 30.0 Å². The van der Waals surface area contributed by atoms with Crippen LogP contribution in [0.4, 0.5) is 18.9 Å². The van der Waals surface area contributed by atoms with Gasteiger partial charge in [0.05, 0.1) is 11.1 Å². The molecule has 0 bridgehead atoms. The van der Waals surface area contributed by atoms with E-state index in [0.717, 1.165) is 43.5 Å². The third kappa shape index (κ3) is 3.48. The van der Waals surface area contributed by atoms with Crippen molar-refractivity contribution in [2.24, 2.45) is 5.92 Å². The molecule has 7 heteroatoms. The van der Waals surface area contributed by atoms with Gasteiger partial charge in [-0.05, 0) is 43.9 Å². The largest absolute Gasteiger partial charge is 0.416 e.